The third-order valence-corrected chi connectivity index (χ3v) is 2.21. The third kappa shape index (κ3) is 5.66. The molecular weight excluding hydrogens is 348 g/mol. The Bertz CT molecular complexity index is 348. The molecule has 0 saturated carbocycles. The monoisotopic (exact) mass is 358 g/mol. The van der Waals surface area contributed by atoms with Crippen LogP contribution < -0.4 is 21.7 Å². The molecule has 0 radical (unpaired) electrons. The molecular formula is C11H12Br2MgO2. The van der Waals surface area contributed by atoms with Crippen molar-refractivity contribution in [2.75, 3.05) is 0 Å². The average Bonchev–Trinajstić information content (AvgIpc) is 2.07. The first-order valence-electron chi connectivity index (χ1n) is 4.29. The van der Waals surface area contributed by atoms with Gasteiger partial charge in [-0.15, -0.1) is 22.0 Å². The first kappa shape index (κ1) is 18.8. The minimum Gasteiger partial charge on any atom is -1.00 e. The Morgan fingerprint density at radius 1 is 1.44 bits per heavy atom. The molecule has 1 aromatic carbocycles. The minimum atomic E-state index is -0.487. The zero-order valence-corrected chi connectivity index (χ0v) is 14.1. The van der Waals surface area contributed by atoms with Gasteiger partial charge in [0.1, 0.15) is 0 Å². The van der Waals surface area contributed by atoms with E-state index in [4.69, 9.17) is 4.74 Å². The van der Waals surface area contributed by atoms with Crippen LogP contribution in [0, 0.1) is 11.5 Å². The van der Waals surface area contributed by atoms with Gasteiger partial charge in [-0.05, 0) is 20.8 Å². The first-order chi connectivity index (χ1) is 6.41. The molecule has 2 nitrogen and oxygen atoms in total. The third-order valence-electron chi connectivity index (χ3n) is 1.59. The summed E-state index contributed by atoms with van der Waals surface area (Å²) < 4.78 is 5.94. The molecule has 0 aliphatic rings. The van der Waals surface area contributed by atoms with Crippen LogP contribution >= 0.6 is 15.9 Å². The van der Waals surface area contributed by atoms with E-state index < -0.39 is 5.41 Å². The number of benzene rings is 1. The molecule has 5 heteroatoms. The van der Waals surface area contributed by atoms with Crippen LogP contribution in [-0.2, 0) is 4.79 Å². The van der Waals surface area contributed by atoms with Crippen LogP contribution in [0.1, 0.15) is 20.8 Å². The summed E-state index contributed by atoms with van der Waals surface area (Å²) in [5, 5.41) is 0. The van der Waals surface area contributed by atoms with Gasteiger partial charge in [-0.1, -0.05) is 4.47 Å². The fourth-order valence-corrected chi connectivity index (χ4v) is 1.08. The van der Waals surface area contributed by atoms with E-state index in [0.29, 0.717) is 5.75 Å². The molecule has 0 aliphatic carbocycles. The van der Waals surface area contributed by atoms with E-state index in [2.05, 4.69) is 22.0 Å². The van der Waals surface area contributed by atoms with E-state index in [-0.39, 0.29) is 46.0 Å². The van der Waals surface area contributed by atoms with E-state index in [1.165, 1.54) is 0 Å². The number of hydrogen-bond donors (Lipinski definition) is 0. The summed E-state index contributed by atoms with van der Waals surface area (Å²) in [6, 6.07) is 7.99. The predicted molar refractivity (Wildman–Crippen MR) is 63.8 cm³/mol. The summed E-state index contributed by atoms with van der Waals surface area (Å²) in [5.74, 6) is 0.285. The normalized spacial score (nSPS) is 9.75. The van der Waals surface area contributed by atoms with Gasteiger partial charge in [0.05, 0.1) is 5.41 Å². The van der Waals surface area contributed by atoms with Crippen molar-refractivity contribution in [3.8, 4) is 5.75 Å². The summed E-state index contributed by atoms with van der Waals surface area (Å²) in [7, 11) is 0. The fraction of sp³-hybridized carbons (Fsp3) is 0.364. The molecule has 0 heterocycles. The Hall–Kier alpha value is 0.416. The quantitative estimate of drug-likeness (QED) is 0.301. The Kier molecular flexibility index (Phi) is 9.02. The second-order valence-electron chi connectivity index (χ2n) is 4.00. The maximum Gasteiger partial charge on any atom is 2.00 e. The molecule has 84 valence electrons. The largest absolute Gasteiger partial charge is 2.00 e. The number of ether oxygens (including phenoxy) is 1. The molecule has 0 N–H and O–H groups in total. The average molecular weight is 360 g/mol. The van der Waals surface area contributed by atoms with E-state index in [1.807, 2.05) is 20.8 Å². The van der Waals surface area contributed by atoms with Crippen LogP contribution in [0.5, 0.6) is 5.75 Å². The van der Waals surface area contributed by atoms with Gasteiger partial charge >= 0.3 is 29.0 Å². The van der Waals surface area contributed by atoms with Crippen molar-refractivity contribution in [3.05, 3.63) is 28.7 Å². The maximum absolute atomic E-state index is 11.5. The van der Waals surface area contributed by atoms with Crippen LogP contribution in [0.25, 0.3) is 0 Å². The van der Waals surface area contributed by atoms with E-state index in [1.54, 1.807) is 18.2 Å². The topological polar surface area (TPSA) is 26.3 Å². The van der Waals surface area contributed by atoms with Crippen molar-refractivity contribution in [2.45, 2.75) is 20.8 Å². The van der Waals surface area contributed by atoms with Crippen molar-refractivity contribution in [1.82, 2.24) is 0 Å². The van der Waals surface area contributed by atoms with Gasteiger partial charge in [0.15, 0.2) is 0 Å². The molecule has 0 aromatic heterocycles. The van der Waals surface area contributed by atoms with Crippen molar-refractivity contribution in [1.29, 1.82) is 0 Å². The summed E-state index contributed by atoms with van der Waals surface area (Å²) in [6.45, 7) is 5.45. The number of carbonyl (C=O) groups is 1. The summed E-state index contributed by atoms with van der Waals surface area (Å²) in [4.78, 5) is 11.5. The Morgan fingerprint density at radius 3 is 2.44 bits per heavy atom. The predicted octanol–water partition coefficient (Wildman–Crippen LogP) is -0.176. The van der Waals surface area contributed by atoms with E-state index >= 15 is 0 Å². The van der Waals surface area contributed by atoms with E-state index in [0.717, 1.165) is 4.47 Å². The van der Waals surface area contributed by atoms with Crippen molar-refractivity contribution in [3.63, 3.8) is 0 Å². The Morgan fingerprint density at radius 2 is 2.00 bits per heavy atom. The molecule has 0 saturated heterocycles. The molecule has 0 bridgehead atoms. The van der Waals surface area contributed by atoms with Gasteiger partial charge < -0.3 is 21.7 Å². The fourth-order valence-electron chi connectivity index (χ4n) is 0.732. The van der Waals surface area contributed by atoms with Gasteiger partial charge in [0, 0.05) is 5.75 Å². The molecule has 1 rings (SSSR count). The van der Waals surface area contributed by atoms with Crippen LogP contribution in [0.3, 0.4) is 0 Å². The van der Waals surface area contributed by atoms with Crippen LogP contribution in [0.4, 0.5) is 0 Å². The maximum atomic E-state index is 11.5. The van der Waals surface area contributed by atoms with E-state index in [9.17, 15) is 4.79 Å². The van der Waals surface area contributed by atoms with Gasteiger partial charge in [-0.3, -0.25) is 4.79 Å². The van der Waals surface area contributed by atoms with Crippen LogP contribution in [-0.4, -0.2) is 29.0 Å². The standard InChI is InChI=1S/C11H12BrO2.BrH.Mg/c1-11(2,3)10(13)14-9-7-5-4-6-8(9)12;;/h5-7H,1-3H3;1H;/q-1;;+2/p-1. The molecule has 1 aromatic rings. The summed E-state index contributed by atoms with van der Waals surface area (Å²) in [6.07, 6.45) is 0. The van der Waals surface area contributed by atoms with Crippen molar-refractivity contribution < 1.29 is 26.5 Å². The molecule has 0 fully saturated rings. The smallest absolute Gasteiger partial charge is 1.00 e. The van der Waals surface area contributed by atoms with Gasteiger partial charge in [0.2, 0.25) is 0 Å². The zero-order chi connectivity index (χ0) is 10.8. The van der Waals surface area contributed by atoms with Crippen molar-refractivity contribution >= 4 is 45.0 Å². The molecule has 0 atom stereocenters. The second kappa shape index (κ2) is 7.69. The molecule has 0 unspecified atom stereocenters. The van der Waals surface area contributed by atoms with Crippen LogP contribution in [0.2, 0.25) is 0 Å². The van der Waals surface area contributed by atoms with Gasteiger partial charge in [-0.25, -0.2) is 0 Å². The van der Waals surface area contributed by atoms with Crippen molar-refractivity contribution in [2.24, 2.45) is 5.41 Å². The van der Waals surface area contributed by atoms with Crippen LogP contribution in [0.15, 0.2) is 22.7 Å². The second-order valence-corrected chi connectivity index (χ2v) is 4.85. The minimum absolute atomic E-state index is 0. The number of esters is 1. The number of halogens is 2. The summed E-state index contributed by atoms with van der Waals surface area (Å²) >= 11 is 3.28. The van der Waals surface area contributed by atoms with Gasteiger partial charge in [0.25, 0.3) is 0 Å². The zero-order valence-electron chi connectivity index (χ0n) is 9.51. The molecule has 16 heavy (non-hydrogen) atoms. The van der Waals surface area contributed by atoms with Gasteiger partial charge in [-0.2, -0.15) is 18.2 Å². The Labute approximate surface area is 131 Å². The first-order valence-corrected chi connectivity index (χ1v) is 5.08. The molecule has 0 amide bonds. The molecule has 0 spiro atoms. The Balaban J connectivity index is 0. The molecule has 0 aliphatic heterocycles. The summed E-state index contributed by atoms with van der Waals surface area (Å²) in [5.41, 5.74) is -0.487. The number of rotatable bonds is 1. The number of hydrogen-bond acceptors (Lipinski definition) is 2. The SMILES string of the molecule is CC(C)(C)C(=O)Oc1cc[c-]cc1Br.[Br-].[Mg+2]. The number of carbonyl (C=O) groups excluding carboxylic acids is 1.